The van der Waals surface area contributed by atoms with E-state index in [-0.39, 0.29) is 30.3 Å². The van der Waals surface area contributed by atoms with Crippen LogP contribution in [0.1, 0.15) is 30.0 Å². The molecular formula is C22H27N3O3. The van der Waals surface area contributed by atoms with Crippen LogP contribution in [0.15, 0.2) is 54.6 Å². The monoisotopic (exact) mass is 381 g/mol. The number of piperidine rings is 1. The molecule has 1 aliphatic rings. The summed E-state index contributed by atoms with van der Waals surface area (Å²) < 4.78 is 5.23. The molecule has 0 aromatic heterocycles. The van der Waals surface area contributed by atoms with Gasteiger partial charge in [-0.05, 0) is 42.6 Å². The first-order valence-electron chi connectivity index (χ1n) is 9.56. The fraction of sp³-hybridized carbons (Fsp3) is 0.364. The summed E-state index contributed by atoms with van der Waals surface area (Å²) in [7, 11) is 1.63. The third-order valence-electron chi connectivity index (χ3n) is 5.16. The van der Waals surface area contributed by atoms with E-state index < -0.39 is 0 Å². The Labute approximate surface area is 165 Å². The van der Waals surface area contributed by atoms with E-state index in [2.05, 4.69) is 5.32 Å². The number of nitrogens with two attached hydrogens (primary N) is 1. The Balaban J connectivity index is 1.72. The lowest BCUT2D eigenvalue weighted by molar-refractivity contribution is -0.127. The molecule has 28 heavy (non-hydrogen) atoms. The van der Waals surface area contributed by atoms with Gasteiger partial charge >= 0.3 is 0 Å². The van der Waals surface area contributed by atoms with E-state index >= 15 is 0 Å². The number of carbonyl (C=O) groups is 2. The third-order valence-corrected chi connectivity index (χ3v) is 5.16. The van der Waals surface area contributed by atoms with Crippen molar-refractivity contribution in [2.75, 3.05) is 26.7 Å². The number of hydrogen-bond acceptors (Lipinski definition) is 4. The normalized spacial score (nSPS) is 18.2. The average Bonchev–Trinajstić information content (AvgIpc) is 2.73. The number of hydrogen-bond donors (Lipinski definition) is 2. The lowest BCUT2D eigenvalue weighted by atomic mass is 9.97. The van der Waals surface area contributed by atoms with Crippen LogP contribution in [-0.4, -0.2) is 43.5 Å². The van der Waals surface area contributed by atoms with Gasteiger partial charge in [-0.2, -0.15) is 0 Å². The van der Waals surface area contributed by atoms with Gasteiger partial charge in [0.05, 0.1) is 25.6 Å². The van der Waals surface area contributed by atoms with Crippen LogP contribution < -0.4 is 15.8 Å². The Morgan fingerprint density at radius 1 is 1.14 bits per heavy atom. The summed E-state index contributed by atoms with van der Waals surface area (Å²) in [6.07, 6.45) is 1.67. The molecular weight excluding hydrogens is 354 g/mol. The van der Waals surface area contributed by atoms with E-state index in [9.17, 15) is 9.59 Å². The van der Waals surface area contributed by atoms with E-state index in [0.29, 0.717) is 6.54 Å². The zero-order valence-corrected chi connectivity index (χ0v) is 16.1. The molecule has 1 aliphatic heterocycles. The molecule has 0 bridgehead atoms. The smallest absolute Gasteiger partial charge is 0.234 e. The molecule has 0 saturated carbocycles. The Hall–Kier alpha value is -2.86. The minimum Gasteiger partial charge on any atom is -0.497 e. The number of nitrogens with zero attached hydrogens (tertiary/aromatic N) is 1. The Bertz CT molecular complexity index is 792. The molecule has 2 atom stereocenters. The minimum absolute atomic E-state index is 0.0743. The number of likely N-dealkylation sites (tertiary alicyclic amines) is 1. The molecule has 1 fully saturated rings. The highest BCUT2D eigenvalue weighted by Gasteiger charge is 2.26. The van der Waals surface area contributed by atoms with Crippen molar-refractivity contribution in [1.29, 1.82) is 0 Å². The van der Waals surface area contributed by atoms with Gasteiger partial charge in [-0.3, -0.25) is 14.5 Å². The van der Waals surface area contributed by atoms with Crippen LogP contribution in [0.2, 0.25) is 0 Å². The second-order valence-corrected chi connectivity index (χ2v) is 7.16. The van der Waals surface area contributed by atoms with E-state index in [1.165, 1.54) is 0 Å². The van der Waals surface area contributed by atoms with Crippen LogP contribution in [0, 0.1) is 5.92 Å². The Morgan fingerprint density at radius 2 is 1.82 bits per heavy atom. The first-order chi connectivity index (χ1) is 13.6. The summed E-state index contributed by atoms with van der Waals surface area (Å²) in [5.41, 5.74) is 7.43. The van der Waals surface area contributed by atoms with Gasteiger partial charge in [0.1, 0.15) is 5.75 Å². The highest BCUT2D eigenvalue weighted by molar-refractivity contribution is 5.80. The van der Waals surface area contributed by atoms with Crippen LogP contribution in [0.25, 0.3) is 0 Å². The fourth-order valence-corrected chi connectivity index (χ4v) is 3.64. The molecule has 1 saturated heterocycles. The quantitative estimate of drug-likeness (QED) is 0.769. The summed E-state index contributed by atoms with van der Waals surface area (Å²) in [4.78, 5) is 26.2. The molecule has 6 heteroatoms. The minimum atomic E-state index is -0.287. The Kier molecular flexibility index (Phi) is 6.66. The summed E-state index contributed by atoms with van der Waals surface area (Å²) >= 11 is 0. The number of amides is 2. The van der Waals surface area contributed by atoms with Crippen molar-refractivity contribution in [3.05, 3.63) is 65.7 Å². The number of ether oxygens (including phenoxy) is 1. The largest absolute Gasteiger partial charge is 0.497 e. The number of nitrogens with one attached hydrogen (secondary N) is 1. The third kappa shape index (κ3) is 5.10. The highest BCUT2D eigenvalue weighted by atomic mass is 16.5. The van der Waals surface area contributed by atoms with Crippen molar-refractivity contribution in [1.82, 2.24) is 10.2 Å². The molecule has 3 rings (SSSR count). The van der Waals surface area contributed by atoms with Gasteiger partial charge in [0.2, 0.25) is 11.8 Å². The summed E-state index contributed by atoms with van der Waals surface area (Å²) in [6.45, 7) is 1.60. The van der Waals surface area contributed by atoms with Gasteiger partial charge in [-0.1, -0.05) is 42.5 Å². The van der Waals surface area contributed by atoms with E-state index in [0.717, 1.165) is 36.3 Å². The van der Waals surface area contributed by atoms with E-state index in [1.807, 2.05) is 59.5 Å². The molecule has 6 nitrogen and oxygen atoms in total. The molecule has 0 radical (unpaired) electrons. The van der Waals surface area contributed by atoms with Gasteiger partial charge in [-0.25, -0.2) is 0 Å². The maximum absolute atomic E-state index is 12.8. The van der Waals surface area contributed by atoms with E-state index in [1.54, 1.807) is 7.11 Å². The van der Waals surface area contributed by atoms with Gasteiger partial charge in [0.25, 0.3) is 0 Å². The molecule has 2 amide bonds. The van der Waals surface area contributed by atoms with Crippen molar-refractivity contribution in [2.24, 2.45) is 11.7 Å². The van der Waals surface area contributed by atoms with Crippen LogP contribution in [-0.2, 0) is 9.59 Å². The summed E-state index contributed by atoms with van der Waals surface area (Å²) in [5.74, 6) is 0.237. The maximum atomic E-state index is 12.8. The van der Waals surface area contributed by atoms with Crippen molar-refractivity contribution in [3.63, 3.8) is 0 Å². The number of benzene rings is 2. The molecule has 148 valence electrons. The molecule has 0 unspecified atom stereocenters. The lowest BCUT2D eigenvalue weighted by Gasteiger charge is -2.31. The molecule has 1 heterocycles. The average molecular weight is 381 g/mol. The van der Waals surface area contributed by atoms with Crippen molar-refractivity contribution in [3.8, 4) is 5.75 Å². The van der Waals surface area contributed by atoms with Gasteiger partial charge in [-0.15, -0.1) is 0 Å². The molecule has 0 spiro atoms. The number of carbonyl (C=O) groups excluding carboxylic acids is 2. The SMILES string of the molecule is COc1ccc([C@H](NC(=O)CN2CCC[C@H](C(N)=O)C2)c2ccccc2)cc1. The first kappa shape index (κ1) is 19.9. The fourth-order valence-electron chi connectivity index (χ4n) is 3.64. The van der Waals surface area contributed by atoms with Crippen molar-refractivity contribution >= 4 is 11.8 Å². The van der Waals surface area contributed by atoms with Crippen LogP contribution >= 0.6 is 0 Å². The van der Waals surface area contributed by atoms with Crippen LogP contribution in [0.3, 0.4) is 0 Å². The highest BCUT2D eigenvalue weighted by Crippen LogP contribution is 2.24. The van der Waals surface area contributed by atoms with Crippen molar-refractivity contribution in [2.45, 2.75) is 18.9 Å². The van der Waals surface area contributed by atoms with Gasteiger partial charge in [0.15, 0.2) is 0 Å². The number of rotatable bonds is 7. The second-order valence-electron chi connectivity index (χ2n) is 7.16. The standard InChI is InChI=1S/C22H27N3O3/c1-28-19-11-9-17(10-12-19)21(16-6-3-2-4-7-16)24-20(26)15-25-13-5-8-18(14-25)22(23)27/h2-4,6-7,9-12,18,21H,5,8,13-15H2,1H3,(H2,23,27)(H,24,26)/t18-,21+/m0/s1. The molecule has 2 aromatic rings. The predicted octanol–water partition coefficient (Wildman–Crippen LogP) is 2.10. The zero-order valence-electron chi connectivity index (χ0n) is 16.1. The zero-order chi connectivity index (χ0) is 19.9. The predicted molar refractivity (Wildman–Crippen MR) is 108 cm³/mol. The summed E-state index contributed by atoms with van der Waals surface area (Å²) in [5, 5.41) is 3.14. The van der Waals surface area contributed by atoms with Crippen molar-refractivity contribution < 1.29 is 14.3 Å². The Morgan fingerprint density at radius 3 is 2.46 bits per heavy atom. The topological polar surface area (TPSA) is 84.7 Å². The molecule has 0 aliphatic carbocycles. The maximum Gasteiger partial charge on any atom is 0.234 e. The van der Waals surface area contributed by atoms with Gasteiger partial charge < -0.3 is 15.8 Å². The summed E-state index contributed by atoms with van der Waals surface area (Å²) in [6, 6.07) is 17.3. The van der Waals surface area contributed by atoms with Gasteiger partial charge in [0, 0.05) is 6.54 Å². The van der Waals surface area contributed by atoms with Crippen LogP contribution in [0.4, 0.5) is 0 Å². The lowest BCUT2D eigenvalue weighted by Crippen LogP contribution is -2.46. The second kappa shape index (κ2) is 9.37. The van der Waals surface area contributed by atoms with E-state index in [4.69, 9.17) is 10.5 Å². The molecule has 2 aromatic carbocycles. The number of methoxy groups -OCH3 is 1. The van der Waals surface area contributed by atoms with Crippen LogP contribution in [0.5, 0.6) is 5.75 Å². The first-order valence-corrected chi connectivity index (χ1v) is 9.56. The number of primary amides is 1. The molecule has 3 N–H and O–H groups in total.